The first-order valence-electron chi connectivity index (χ1n) is 10.4. The van der Waals surface area contributed by atoms with Gasteiger partial charge in [0.05, 0.1) is 16.6 Å². The first kappa shape index (κ1) is 22.5. The first-order valence-corrected chi connectivity index (χ1v) is 11.1. The standard InChI is InChI=1S/C22H24Cl2N4O4/c1-14-2-4-16(31-14)13-25-20(29)19-11-22(32-27-19)6-8-28(9-7-22)21(30)26-12-15-3-5-17(23)18(24)10-15/h2-5,10H,6-9,11-13H2,1H3,(H,25,29)(H,26,30). The van der Waals surface area contributed by atoms with Crippen molar-refractivity contribution in [2.45, 2.75) is 44.9 Å². The Hall–Kier alpha value is -2.71. The van der Waals surface area contributed by atoms with Crippen LogP contribution in [-0.4, -0.2) is 41.2 Å². The van der Waals surface area contributed by atoms with Crippen molar-refractivity contribution in [1.82, 2.24) is 15.5 Å². The van der Waals surface area contributed by atoms with Crippen LogP contribution >= 0.6 is 23.2 Å². The molecule has 0 atom stereocenters. The van der Waals surface area contributed by atoms with Crippen LogP contribution in [0.4, 0.5) is 4.79 Å². The van der Waals surface area contributed by atoms with Gasteiger partial charge in [-0.15, -0.1) is 0 Å². The lowest BCUT2D eigenvalue weighted by molar-refractivity contribution is -0.115. The largest absolute Gasteiger partial charge is 0.465 e. The molecule has 1 aromatic heterocycles. The molecule has 2 aliphatic rings. The fourth-order valence-electron chi connectivity index (χ4n) is 3.82. The Morgan fingerprint density at radius 2 is 1.88 bits per heavy atom. The van der Waals surface area contributed by atoms with Crippen molar-refractivity contribution in [2.24, 2.45) is 5.16 Å². The van der Waals surface area contributed by atoms with Gasteiger partial charge in [0.1, 0.15) is 22.8 Å². The van der Waals surface area contributed by atoms with Crippen LogP contribution in [0.25, 0.3) is 0 Å². The lowest BCUT2D eigenvalue weighted by Crippen LogP contribution is -2.50. The molecule has 2 aromatic rings. The summed E-state index contributed by atoms with van der Waals surface area (Å²) in [7, 11) is 0. The number of nitrogens with one attached hydrogen (secondary N) is 2. The van der Waals surface area contributed by atoms with Crippen molar-refractivity contribution >= 4 is 40.9 Å². The Morgan fingerprint density at radius 1 is 1.09 bits per heavy atom. The Morgan fingerprint density at radius 3 is 2.56 bits per heavy atom. The zero-order valence-electron chi connectivity index (χ0n) is 17.6. The quantitative estimate of drug-likeness (QED) is 0.677. The van der Waals surface area contributed by atoms with Crippen LogP contribution in [0.1, 0.15) is 36.3 Å². The van der Waals surface area contributed by atoms with Crippen molar-refractivity contribution in [3.8, 4) is 0 Å². The summed E-state index contributed by atoms with van der Waals surface area (Å²) in [6.45, 7) is 3.54. The highest BCUT2D eigenvalue weighted by molar-refractivity contribution is 6.42. The number of urea groups is 1. The number of rotatable bonds is 5. The minimum Gasteiger partial charge on any atom is -0.465 e. The van der Waals surface area contributed by atoms with E-state index in [0.717, 1.165) is 11.3 Å². The van der Waals surface area contributed by atoms with Crippen molar-refractivity contribution in [1.29, 1.82) is 0 Å². The third kappa shape index (κ3) is 5.19. The molecule has 8 nitrogen and oxygen atoms in total. The Balaban J connectivity index is 1.22. The van der Waals surface area contributed by atoms with Gasteiger partial charge >= 0.3 is 6.03 Å². The SMILES string of the molecule is Cc1ccc(CNC(=O)C2=NOC3(CCN(C(=O)NCc4ccc(Cl)c(Cl)c4)CC3)C2)o1. The molecular formula is C22H24Cl2N4O4. The van der Waals surface area contributed by atoms with Crippen molar-refractivity contribution < 1.29 is 18.8 Å². The minimum absolute atomic E-state index is 0.156. The molecule has 10 heteroatoms. The highest BCUT2D eigenvalue weighted by Gasteiger charge is 2.44. The number of hydrogen-bond donors (Lipinski definition) is 2. The maximum absolute atomic E-state index is 12.5. The van der Waals surface area contributed by atoms with Gasteiger partial charge in [-0.2, -0.15) is 0 Å². The summed E-state index contributed by atoms with van der Waals surface area (Å²) in [5.74, 6) is 1.21. The van der Waals surface area contributed by atoms with Gasteiger partial charge in [0, 0.05) is 38.9 Å². The van der Waals surface area contributed by atoms with Crippen molar-refractivity contribution in [3.05, 3.63) is 57.5 Å². The van der Waals surface area contributed by atoms with E-state index in [1.54, 1.807) is 17.0 Å². The molecular weight excluding hydrogens is 455 g/mol. The number of nitrogens with zero attached hydrogens (tertiary/aromatic N) is 2. The summed E-state index contributed by atoms with van der Waals surface area (Å²) in [6, 6.07) is 8.78. The summed E-state index contributed by atoms with van der Waals surface area (Å²) >= 11 is 11.9. The lowest BCUT2D eigenvalue weighted by atomic mass is 9.87. The minimum atomic E-state index is -0.533. The molecule has 1 spiro atoms. The number of hydrogen-bond acceptors (Lipinski definition) is 5. The van der Waals surface area contributed by atoms with Crippen LogP contribution in [0.3, 0.4) is 0 Å². The molecule has 1 aromatic carbocycles. The molecule has 32 heavy (non-hydrogen) atoms. The second-order valence-corrected chi connectivity index (χ2v) is 8.89. The van der Waals surface area contributed by atoms with E-state index in [9.17, 15) is 9.59 Å². The van der Waals surface area contributed by atoms with Crippen LogP contribution in [0.2, 0.25) is 10.0 Å². The van der Waals surface area contributed by atoms with Gasteiger partial charge in [-0.1, -0.05) is 34.4 Å². The molecule has 2 N–H and O–H groups in total. The third-order valence-corrected chi connectivity index (χ3v) is 6.45. The summed E-state index contributed by atoms with van der Waals surface area (Å²) in [4.78, 5) is 32.4. The van der Waals surface area contributed by atoms with Crippen LogP contribution in [-0.2, 0) is 22.7 Å². The maximum atomic E-state index is 12.5. The molecule has 1 fully saturated rings. The van der Waals surface area contributed by atoms with E-state index in [1.165, 1.54) is 0 Å². The number of piperidine rings is 1. The third-order valence-electron chi connectivity index (χ3n) is 5.71. The van der Waals surface area contributed by atoms with E-state index in [1.807, 2.05) is 25.1 Å². The van der Waals surface area contributed by atoms with Gasteiger partial charge in [-0.25, -0.2) is 4.79 Å². The van der Waals surface area contributed by atoms with Crippen LogP contribution in [0.5, 0.6) is 0 Å². The van der Waals surface area contributed by atoms with Gasteiger partial charge in [0.2, 0.25) is 0 Å². The molecule has 1 saturated heterocycles. The van der Waals surface area contributed by atoms with Crippen molar-refractivity contribution in [3.63, 3.8) is 0 Å². The van der Waals surface area contributed by atoms with E-state index >= 15 is 0 Å². The lowest BCUT2D eigenvalue weighted by Gasteiger charge is -2.37. The number of oxime groups is 1. The fourth-order valence-corrected chi connectivity index (χ4v) is 4.14. The summed E-state index contributed by atoms with van der Waals surface area (Å²) in [5.41, 5.74) is 0.703. The topological polar surface area (TPSA) is 96.2 Å². The van der Waals surface area contributed by atoms with Crippen LogP contribution < -0.4 is 10.6 Å². The number of carbonyl (C=O) groups excluding carboxylic acids is 2. The monoisotopic (exact) mass is 478 g/mol. The van der Waals surface area contributed by atoms with Crippen LogP contribution in [0.15, 0.2) is 39.9 Å². The number of halogens is 2. The fraction of sp³-hybridized carbons (Fsp3) is 0.409. The van der Waals surface area contributed by atoms with Gasteiger partial charge in [0.15, 0.2) is 0 Å². The van der Waals surface area contributed by atoms with E-state index in [-0.39, 0.29) is 11.9 Å². The van der Waals surface area contributed by atoms with E-state index in [4.69, 9.17) is 32.5 Å². The molecule has 0 radical (unpaired) electrons. The molecule has 3 amide bonds. The van der Waals surface area contributed by atoms with Crippen molar-refractivity contribution in [2.75, 3.05) is 13.1 Å². The highest BCUT2D eigenvalue weighted by atomic mass is 35.5. The number of aryl methyl sites for hydroxylation is 1. The number of benzene rings is 1. The number of likely N-dealkylation sites (tertiary alicyclic amines) is 1. The predicted molar refractivity (Wildman–Crippen MR) is 121 cm³/mol. The number of furan rings is 1. The number of amides is 3. The van der Waals surface area contributed by atoms with E-state index in [0.29, 0.717) is 67.0 Å². The molecule has 0 aliphatic carbocycles. The molecule has 0 saturated carbocycles. The van der Waals surface area contributed by atoms with Gasteiger partial charge < -0.3 is 24.8 Å². The first-order chi connectivity index (χ1) is 15.3. The molecule has 170 valence electrons. The van der Waals surface area contributed by atoms with E-state index in [2.05, 4.69) is 15.8 Å². The zero-order chi connectivity index (χ0) is 22.7. The average molecular weight is 479 g/mol. The van der Waals surface area contributed by atoms with E-state index < -0.39 is 5.60 Å². The summed E-state index contributed by atoms with van der Waals surface area (Å²) in [6.07, 6.45) is 1.63. The second kappa shape index (κ2) is 9.42. The highest BCUT2D eigenvalue weighted by Crippen LogP contribution is 2.34. The Labute approximate surface area is 195 Å². The predicted octanol–water partition coefficient (Wildman–Crippen LogP) is 4.03. The molecule has 3 heterocycles. The molecule has 0 unspecified atom stereocenters. The van der Waals surface area contributed by atoms with Crippen LogP contribution in [0, 0.1) is 6.92 Å². The maximum Gasteiger partial charge on any atom is 0.317 e. The normalized spacial score (nSPS) is 17.1. The Kier molecular flexibility index (Phi) is 6.62. The van der Waals surface area contributed by atoms with Gasteiger partial charge in [-0.05, 0) is 36.8 Å². The average Bonchev–Trinajstić information content (AvgIpc) is 3.39. The van der Waals surface area contributed by atoms with Gasteiger partial charge in [-0.3, -0.25) is 4.79 Å². The zero-order valence-corrected chi connectivity index (χ0v) is 19.1. The molecule has 4 rings (SSSR count). The molecule has 2 aliphatic heterocycles. The summed E-state index contributed by atoms with van der Waals surface area (Å²) < 4.78 is 5.46. The summed E-state index contributed by atoms with van der Waals surface area (Å²) in [5, 5.41) is 10.7. The Bertz CT molecular complexity index is 1040. The smallest absolute Gasteiger partial charge is 0.317 e. The van der Waals surface area contributed by atoms with Gasteiger partial charge in [0.25, 0.3) is 5.91 Å². The second-order valence-electron chi connectivity index (χ2n) is 8.08. The number of carbonyl (C=O) groups is 2. The molecule has 0 bridgehead atoms.